The van der Waals surface area contributed by atoms with Crippen LogP contribution in [0.4, 0.5) is 15.3 Å². The Balaban J connectivity index is 1.29. The van der Waals surface area contributed by atoms with Gasteiger partial charge in [-0.1, -0.05) is 86.1 Å². The minimum Gasteiger partial charge on any atom is -0.449 e. The second-order valence-corrected chi connectivity index (χ2v) is 12.3. The third-order valence-electron chi connectivity index (χ3n) is 7.83. The number of carbonyl (C=O) groups excluding carboxylic acids is 3. The van der Waals surface area contributed by atoms with Gasteiger partial charge >= 0.3 is 12.2 Å². The average Bonchev–Trinajstić information content (AvgIpc) is 3.33. The molecule has 8 nitrogen and oxygen atoms in total. The van der Waals surface area contributed by atoms with E-state index in [0.29, 0.717) is 12.1 Å². The van der Waals surface area contributed by atoms with Crippen molar-refractivity contribution in [2.45, 2.75) is 64.5 Å². The van der Waals surface area contributed by atoms with Gasteiger partial charge < -0.3 is 20.1 Å². The third-order valence-corrected chi connectivity index (χ3v) is 7.83. The second kappa shape index (κ2) is 13.8. The predicted octanol–water partition coefficient (Wildman–Crippen LogP) is 8.07. The minimum atomic E-state index is -0.620. The highest BCUT2D eigenvalue weighted by molar-refractivity contribution is 6.00. The number of benzene rings is 4. The number of nitrogens with one attached hydrogen (secondary N) is 3. The molecule has 1 atom stereocenters. The highest BCUT2D eigenvalue weighted by Gasteiger charge is 2.29. The first-order valence-corrected chi connectivity index (χ1v) is 15.5. The second-order valence-electron chi connectivity index (χ2n) is 12.3. The Morgan fingerprint density at radius 2 is 1.53 bits per heavy atom. The molecule has 45 heavy (non-hydrogen) atoms. The fraction of sp³-hybridized carbons (Fsp3) is 0.324. The van der Waals surface area contributed by atoms with Crippen LogP contribution < -0.4 is 16.0 Å². The molecule has 5 rings (SSSR count). The van der Waals surface area contributed by atoms with Crippen LogP contribution in [-0.4, -0.2) is 36.8 Å². The van der Waals surface area contributed by atoms with E-state index >= 15 is 0 Å². The van der Waals surface area contributed by atoms with Gasteiger partial charge in [-0.25, -0.2) is 9.59 Å². The van der Waals surface area contributed by atoms with Crippen molar-refractivity contribution in [3.05, 3.63) is 102 Å². The lowest BCUT2D eigenvalue weighted by molar-refractivity contribution is -0.121. The van der Waals surface area contributed by atoms with Crippen LogP contribution in [0, 0.1) is 0 Å². The summed E-state index contributed by atoms with van der Waals surface area (Å²) >= 11 is 0. The summed E-state index contributed by atoms with van der Waals surface area (Å²) < 4.78 is 11.2. The molecule has 4 aromatic rings. The van der Waals surface area contributed by atoms with E-state index in [9.17, 15) is 14.4 Å². The lowest BCUT2D eigenvalue weighted by Crippen LogP contribution is -2.38. The van der Waals surface area contributed by atoms with Crippen LogP contribution in [0.2, 0.25) is 0 Å². The lowest BCUT2D eigenvalue weighted by atomic mass is 9.98. The van der Waals surface area contributed by atoms with Crippen molar-refractivity contribution in [2.75, 3.05) is 18.5 Å². The number of rotatable bonds is 10. The molecular weight excluding hydrogens is 566 g/mol. The molecule has 3 amide bonds. The highest BCUT2D eigenvalue weighted by Crippen LogP contribution is 2.44. The van der Waals surface area contributed by atoms with Crippen LogP contribution in [0.15, 0.2) is 84.9 Å². The van der Waals surface area contributed by atoms with Crippen LogP contribution in [0.5, 0.6) is 0 Å². The summed E-state index contributed by atoms with van der Waals surface area (Å²) in [5, 5.41) is 10.5. The van der Waals surface area contributed by atoms with Gasteiger partial charge in [0.25, 0.3) is 0 Å². The first kappa shape index (κ1) is 31.6. The molecule has 4 aromatic carbocycles. The Kier molecular flexibility index (Phi) is 9.71. The van der Waals surface area contributed by atoms with E-state index in [4.69, 9.17) is 9.47 Å². The summed E-state index contributed by atoms with van der Waals surface area (Å²) in [5.74, 6) is -0.131. The monoisotopic (exact) mass is 607 g/mol. The van der Waals surface area contributed by atoms with Gasteiger partial charge in [-0.05, 0) is 72.5 Å². The number of carbonyl (C=O) groups is 3. The van der Waals surface area contributed by atoms with Crippen molar-refractivity contribution in [3.8, 4) is 11.1 Å². The number of alkyl carbamates (subject to hydrolysis) is 1. The number of ether oxygens (including phenoxy) is 2. The molecule has 0 heterocycles. The maximum atomic E-state index is 13.0. The van der Waals surface area contributed by atoms with E-state index in [0.717, 1.165) is 51.4 Å². The zero-order valence-corrected chi connectivity index (χ0v) is 26.3. The molecule has 8 heteroatoms. The van der Waals surface area contributed by atoms with E-state index < -0.39 is 23.8 Å². The number of unbranched alkanes of at least 4 members (excludes halogenated alkanes) is 1. The third kappa shape index (κ3) is 7.81. The number of fused-ring (bicyclic) bond motifs is 4. The van der Waals surface area contributed by atoms with Gasteiger partial charge in [0.2, 0.25) is 5.91 Å². The largest absolute Gasteiger partial charge is 0.449 e. The van der Waals surface area contributed by atoms with Gasteiger partial charge in [0.15, 0.2) is 0 Å². The predicted molar refractivity (Wildman–Crippen MR) is 177 cm³/mol. The normalized spacial score (nSPS) is 13.0. The molecule has 0 spiro atoms. The Bertz CT molecular complexity index is 1650. The van der Waals surface area contributed by atoms with Gasteiger partial charge in [-0.15, -0.1) is 0 Å². The zero-order valence-electron chi connectivity index (χ0n) is 26.3. The molecule has 0 saturated heterocycles. The quantitative estimate of drug-likeness (QED) is 0.169. The summed E-state index contributed by atoms with van der Waals surface area (Å²) in [6.07, 6.45) is 0.992. The van der Waals surface area contributed by atoms with Crippen LogP contribution in [-0.2, 0) is 14.3 Å². The Hall–Kier alpha value is -4.85. The molecule has 1 aliphatic carbocycles. The summed E-state index contributed by atoms with van der Waals surface area (Å²) in [6.45, 7) is 7.83. The fourth-order valence-electron chi connectivity index (χ4n) is 5.73. The maximum Gasteiger partial charge on any atom is 0.412 e. The van der Waals surface area contributed by atoms with Crippen molar-refractivity contribution in [3.63, 3.8) is 0 Å². The molecule has 3 N–H and O–H groups in total. The summed E-state index contributed by atoms with van der Waals surface area (Å²) in [5.41, 5.74) is 5.43. The zero-order chi connectivity index (χ0) is 32.0. The van der Waals surface area contributed by atoms with E-state index in [1.54, 1.807) is 0 Å². The highest BCUT2D eigenvalue weighted by atomic mass is 16.6. The van der Waals surface area contributed by atoms with E-state index in [2.05, 4.69) is 40.2 Å². The van der Waals surface area contributed by atoms with Gasteiger partial charge in [-0.2, -0.15) is 0 Å². The maximum absolute atomic E-state index is 13.0. The first-order chi connectivity index (χ1) is 21.6. The van der Waals surface area contributed by atoms with Crippen molar-refractivity contribution in [2.24, 2.45) is 0 Å². The summed E-state index contributed by atoms with van der Waals surface area (Å²) in [7, 11) is 0. The number of anilines is 1. The van der Waals surface area contributed by atoms with Crippen molar-refractivity contribution < 1.29 is 23.9 Å². The van der Waals surface area contributed by atoms with Crippen LogP contribution in [0.1, 0.15) is 75.6 Å². The number of amides is 3. The van der Waals surface area contributed by atoms with Gasteiger partial charge in [0, 0.05) is 24.3 Å². The van der Waals surface area contributed by atoms with Crippen LogP contribution in [0.3, 0.4) is 0 Å². The molecule has 0 radical (unpaired) electrons. The van der Waals surface area contributed by atoms with Crippen molar-refractivity contribution >= 4 is 34.6 Å². The SMILES string of the molecule is CCCCC(=O)N[C@@H](CNC(=O)OCC1c2ccccc2-c2ccccc21)c1ccc2c(NC(=O)OC(C)(C)C)cccc2c1. The molecule has 0 unspecified atom stereocenters. The topological polar surface area (TPSA) is 106 Å². The van der Waals surface area contributed by atoms with E-state index in [1.165, 1.54) is 0 Å². The smallest absolute Gasteiger partial charge is 0.412 e. The van der Waals surface area contributed by atoms with Gasteiger partial charge in [0.1, 0.15) is 12.2 Å². The Morgan fingerprint density at radius 1 is 0.844 bits per heavy atom. The molecule has 0 saturated carbocycles. The first-order valence-electron chi connectivity index (χ1n) is 15.5. The molecule has 0 aromatic heterocycles. The lowest BCUT2D eigenvalue weighted by Gasteiger charge is -2.22. The fourth-order valence-corrected chi connectivity index (χ4v) is 5.73. The van der Waals surface area contributed by atoms with Gasteiger partial charge in [-0.3, -0.25) is 10.1 Å². The molecule has 234 valence electrons. The Labute approximate surface area is 264 Å². The summed E-state index contributed by atoms with van der Waals surface area (Å²) in [4.78, 5) is 38.2. The van der Waals surface area contributed by atoms with Crippen molar-refractivity contribution in [1.29, 1.82) is 0 Å². The van der Waals surface area contributed by atoms with E-state index in [1.807, 2.05) is 88.4 Å². The average molecular weight is 608 g/mol. The summed E-state index contributed by atoms with van der Waals surface area (Å²) in [6, 6.07) is 27.3. The molecule has 1 aliphatic rings. The van der Waals surface area contributed by atoms with E-state index in [-0.39, 0.29) is 25.0 Å². The van der Waals surface area contributed by atoms with Crippen LogP contribution >= 0.6 is 0 Å². The van der Waals surface area contributed by atoms with Crippen molar-refractivity contribution in [1.82, 2.24) is 10.6 Å². The number of hydrogen-bond donors (Lipinski definition) is 3. The minimum absolute atomic E-state index is 0.0448. The molecule has 0 bridgehead atoms. The molecule has 0 aliphatic heterocycles. The standard InChI is InChI=1S/C37H41N3O5/c1-5-6-18-34(41)39-33(25-19-20-26-24(21-25)12-11-17-32(26)40-36(43)45-37(2,3)4)22-38-35(42)44-23-31-29-15-9-7-13-27(29)28-14-8-10-16-30(28)31/h7-17,19-21,31,33H,5-6,18,22-23H2,1-4H3,(H,38,42)(H,39,41)(H,40,43)/t33-/m0/s1. The van der Waals surface area contributed by atoms with Gasteiger partial charge in [0.05, 0.1) is 11.7 Å². The van der Waals surface area contributed by atoms with Crippen LogP contribution in [0.25, 0.3) is 21.9 Å². The molecule has 0 fully saturated rings. The number of hydrogen-bond acceptors (Lipinski definition) is 5. The molecular formula is C37H41N3O5. The Morgan fingerprint density at radius 3 is 2.20 bits per heavy atom.